The summed E-state index contributed by atoms with van der Waals surface area (Å²) >= 11 is 0. The molecule has 0 unspecified atom stereocenters. The average molecular weight is 594 g/mol. The third kappa shape index (κ3) is 7.71. The van der Waals surface area contributed by atoms with E-state index in [4.69, 9.17) is 18.9 Å². The fraction of sp³-hybridized carbons (Fsp3) is 0.500. The molecule has 5 amide bonds. The Hall–Kier alpha value is -3.96. The summed E-state index contributed by atoms with van der Waals surface area (Å²) in [6, 6.07) is 12.3. The SMILES string of the molecule is CC1(C)OCc2cc([C@@H]3CN(CCCCCCOCCCCc4cccc(N5C(=O)NC(=O)C5=O)c4)C(=O)O3)ccc2O1. The first kappa shape index (κ1) is 30.5. The molecule has 1 atom stereocenters. The monoisotopic (exact) mass is 593 g/mol. The maximum atomic E-state index is 12.4. The lowest BCUT2D eigenvalue weighted by Crippen LogP contribution is -2.35. The number of hydrogen-bond donors (Lipinski definition) is 1. The van der Waals surface area contributed by atoms with Crippen LogP contribution in [0, 0.1) is 0 Å². The molecule has 2 aromatic carbocycles. The topological polar surface area (TPSA) is 124 Å². The quantitative estimate of drug-likeness (QED) is 0.184. The van der Waals surface area contributed by atoms with Crippen molar-refractivity contribution in [2.75, 3.05) is 31.2 Å². The number of unbranched alkanes of at least 4 members (excludes halogenated alkanes) is 4. The number of hydrogen-bond acceptors (Lipinski definition) is 8. The second-order valence-corrected chi connectivity index (χ2v) is 11.5. The van der Waals surface area contributed by atoms with Crippen LogP contribution in [0.3, 0.4) is 0 Å². The van der Waals surface area contributed by atoms with Gasteiger partial charge in [0.25, 0.3) is 0 Å². The van der Waals surface area contributed by atoms with E-state index >= 15 is 0 Å². The summed E-state index contributed by atoms with van der Waals surface area (Å²) in [6.07, 6.45) is 5.96. The maximum Gasteiger partial charge on any atom is 0.410 e. The van der Waals surface area contributed by atoms with Gasteiger partial charge in [-0.2, -0.15) is 0 Å². The molecule has 0 aromatic heterocycles. The van der Waals surface area contributed by atoms with Crippen molar-refractivity contribution in [1.29, 1.82) is 0 Å². The van der Waals surface area contributed by atoms with Gasteiger partial charge in [-0.15, -0.1) is 0 Å². The van der Waals surface area contributed by atoms with Crippen LogP contribution in [-0.4, -0.2) is 60.9 Å². The van der Waals surface area contributed by atoms with Gasteiger partial charge in [0.05, 0.1) is 18.8 Å². The molecule has 3 aliphatic rings. The second-order valence-electron chi connectivity index (χ2n) is 11.5. The van der Waals surface area contributed by atoms with E-state index in [9.17, 15) is 19.2 Å². The number of aryl methyl sites for hydroxylation is 1. The number of urea groups is 1. The number of carbonyl (C=O) groups is 4. The Labute approximate surface area is 251 Å². The van der Waals surface area contributed by atoms with Crippen molar-refractivity contribution in [3.63, 3.8) is 0 Å². The Balaban J connectivity index is 0.910. The van der Waals surface area contributed by atoms with Gasteiger partial charge in [-0.25, -0.2) is 14.5 Å². The van der Waals surface area contributed by atoms with Crippen LogP contribution in [0.5, 0.6) is 5.75 Å². The van der Waals surface area contributed by atoms with E-state index in [2.05, 4.69) is 0 Å². The predicted molar refractivity (Wildman–Crippen MR) is 156 cm³/mol. The largest absolute Gasteiger partial charge is 0.463 e. The number of benzene rings is 2. The first-order valence-corrected chi connectivity index (χ1v) is 15.0. The summed E-state index contributed by atoms with van der Waals surface area (Å²) in [6.45, 7) is 6.83. The summed E-state index contributed by atoms with van der Waals surface area (Å²) in [4.78, 5) is 50.3. The van der Waals surface area contributed by atoms with Crippen molar-refractivity contribution < 1.29 is 38.1 Å². The van der Waals surface area contributed by atoms with E-state index in [0.29, 0.717) is 38.6 Å². The zero-order valence-electron chi connectivity index (χ0n) is 24.8. The Kier molecular flexibility index (Phi) is 9.62. The van der Waals surface area contributed by atoms with Gasteiger partial charge in [0.1, 0.15) is 11.9 Å². The Morgan fingerprint density at radius 2 is 1.74 bits per heavy atom. The minimum absolute atomic E-state index is 0.267. The molecule has 0 spiro atoms. The Morgan fingerprint density at radius 3 is 2.53 bits per heavy atom. The van der Waals surface area contributed by atoms with Crippen LogP contribution in [-0.2, 0) is 36.8 Å². The van der Waals surface area contributed by atoms with Crippen LogP contribution in [0.1, 0.15) is 75.2 Å². The maximum absolute atomic E-state index is 12.4. The molecule has 0 aliphatic carbocycles. The standard InChI is InChI=1S/C32H39N3O8/c1-32(2)41-21-24-19-23(13-14-26(24)43-32)27-20-34(31(39)42-27)15-6-3-4-7-16-40-17-8-5-10-22-11-9-12-25(18-22)35-29(37)28(36)33-30(35)38/h9,11-14,18-19,27H,3-8,10,15-17,20-21H2,1-2H3,(H,33,36,38)/t27-/m0/s1. The lowest BCUT2D eigenvalue weighted by Gasteiger charge is -2.32. The van der Waals surface area contributed by atoms with Crippen LogP contribution in [0.4, 0.5) is 15.3 Å². The van der Waals surface area contributed by atoms with Crippen molar-refractivity contribution in [3.05, 3.63) is 59.2 Å². The van der Waals surface area contributed by atoms with Gasteiger partial charge in [0.2, 0.25) is 5.79 Å². The first-order chi connectivity index (χ1) is 20.7. The van der Waals surface area contributed by atoms with Crippen LogP contribution >= 0.6 is 0 Å². The van der Waals surface area contributed by atoms with Crippen LogP contribution in [0.15, 0.2) is 42.5 Å². The van der Waals surface area contributed by atoms with Crippen molar-refractivity contribution in [1.82, 2.24) is 10.2 Å². The average Bonchev–Trinajstić information content (AvgIpc) is 3.47. The normalized spacial score (nSPS) is 19.3. The number of nitrogens with one attached hydrogen (secondary N) is 1. The fourth-order valence-electron chi connectivity index (χ4n) is 5.40. The number of nitrogens with zero attached hydrogens (tertiary/aromatic N) is 2. The highest BCUT2D eigenvalue weighted by Gasteiger charge is 2.38. The van der Waals surface area contributed by atoms with Crippen molar-refractivity contribution in [2.45, 2.75) is 77.3 Å². The first-order valence-electron chi connectivity index (χ1n) is 15.0. The highest BCUT2D eigenvalue weighted by atomic mass is 16.7. The van der Waals surface area contributed by atoms with Crippen LogP contribution in [0.2, 0.25) is 0 Å². The molecule has 11 heteroatoms. The molecule has 43 heavy (non-hydrogen) atoms. The van der Waals surface area contributed by atoms with E-state index in [1.54, 1.807) is 23.1 Å². The highest BCUT2D eigenvalue weighted by molar-refractivity contribution is 6.53. The molecule has 2 aromatic rings. The lowest BCUT2D eigenvalue weighted by molar-refractivity contribution is -0.180. The summed E-state index contributed by atoms with van der Waals surface area (Å²) in [5.74, 6) is -1.60. The third-order valence-electron chi connectivity index (χ3n) is 7.74. The number of ether oxygens (including phenoxy) is 4. The number of amides is 5. The molecule has 230 valence electrons. The van der Waals surface area contributed by atoms with Gasteiger partial charge in [-0.05, 0) is 67.5 Å². The van der Waals surface area contributed by atoms with E-state index in [0.717, 1.165) is 72.3 Å². The molecule has 1 N–H and O–H groups in total. The Morgan fingerprint density at radius 1 is 0.953 bits per heavy atom. The van der Waals surface area contributed by atoms with Gasteiger partial charge in [-0.1, -0.05) is 31.0 Å². The van der Waals surface area contributed by atoms with Crippen molar-refractivity contribution >= 4 is 29.6 Å². The minimum Gasteiger partial charge on any atom is -0.463 e. The van der Waals surface area contributed by atoms with E-state index in [1.807, 2.05) is 43.4 Å². The van der Waals surface area contributed by atoms with Crippen LogP contribution in [0.25, 0.3) is 0 Å². The molecule has 0 saturated carbocycles. The summed E-state index contributed by atoms with van der Waals surface area (Å²) in [7, 11) is 0. The number of rotatable bonds is 14. The summed E-state index contributed by atoms with van der Waals surface area (Å²) < 4.78 is 23.0. The predicted octanol–water partition coefficient (Wildman–Crippen LogP) is 5.01. The fourth-order valence-corrected chi connectivity index (χ4v) is 5.40. The molecule has 0 radical (unpaired) electrons. The van der Waals surface area contributed by atoms with E-state index < -0.39 is 23.6 Å². The lowest BCUT2D eigenvalue weighted by atomic mass is 10.0. The smallest absolute Gasteiger partial charge is 0.410 e. The number of fused-ring (bicyclic) bond motifs is 1. The summed E-state index contributed by atoms with van der Waals surface area (Å²) in [5.41, 5.74) is 3.30. The molecule has 11 nitrogen and oxygen atoms in total. The number of carbonyl (C=O) groups excluding carboxylic acids is 4. The second kappa shape index (κ2) is 13.6. The Bertz CT molecular complexity index is 1360. The highest BCUT2D eigenvalue weighted by Crippen LogP contribution is 2.35. The zero-order valence-corrected chi connectivity index (χ0v) is 24.8. The van der Waals surface area contributed by atoms with Gasteiger partial charge in [-0.3, -0.25) is 14.9 Å². The van der Waals surface area contributed by atoms with E-state index in [-0.39, 0.29) is 12.2 Å². The van der Waals surface area contributed by atoms with E-state index in [1.165, 1.54) is 0 Å². The number of anilines is 1. The van der Waals surface area contributed by atoms with Gasteiger partial charge in [0.15, 0.2) is 0 Å². The van der Waals surface area contributed by atoms with Gasteiger partial charge in [0, 0.05) is 39.2 Å². The van der Waals surface area contributed by atoms with Crippen molar-refractivity contribution in [3.8, 4) is 5.75 Å². The molecule has 0 bridgehead atoms. The third-order valence-corrected chi connectivity index (χ3v) is 7.74. The zero-order chi connectivity index (χ0) is 30.4. The van der Waals surface area contributed by atoms with Crippen LogP contribution < -0.4 is 15.0 Å². The molecular weight excluding hydrogens is 554 g/mol. The molecule has 3 heterocycles. The number of cyclic esters (lactones) is 1. The molecule has 5 rings (SSSR count). The minimum atomic E-state index is -0.907. The molecule has 2 saturated heterocycles. The molecule has 3 aliphatic heterocycles. The molecular formula is C32H39N3O8. The summed E-state index contributed by atoms with van der Waals surface area (Å²) in [5, 5.41) is 2.01. The van der Waals surface area contributed by atoms with Crippen molar-refractivity contribution in [2.24, 2.45) is 0 Å². The number of imide groups is 2. The molecule has 2 fully saturated rings. The van der Waals surface area contributed by atoms with Gasteiger partial charge < -0.3 is 23.8 Å². The van der Waals surface area contributed by atoms with Gasteiger partial charge >= 0.3 is 23.9 Å².